The Morgan fingerprint density at radius 1 is 0.941 bits per heavy atom. The summed E-state index contributed by atoms with van der Waals surface area (Å²) in [6.07, 6.45) is 6.57. The fraction of sp³-hybridized carbons (Fsp3) is 0.286. The normalized spacial score (nSPS) is 17.8. The van der Waals surface area contributed by atoms with Crippen molar-refractivity contribution in [2.75, 3.05) is 0 Å². The Balaban J connectivity index is 1.53. The van der Waals surface area contributed by atoms with E-state index in [1.807, 2.05) is 52.9 Å². The minimum atomic E-state index is -0.200. The SMILES string of the molecule is Cc1nn(-c2ccccc2)c2c1CN(C(=O)NC1CCCC1)C(c1ccccc1)c1cccn1-2. The van der Waals surface area contributed by atoms with Gasteiger partial charge in [0.15, 0.2) is 0 Å². The summed E-state index contributed by atoms with van der Waals surface area (Å²) in [6, 6.07) is 24.8. The van der Waals surface area contributed by atoms with Crippen LogP contribution in [0, 0.1) is 6.92 Å². The van der Waals surface area contributed by atoms with Gasteiger partial charge in [-0.05, 0) is 49.6 Å². The van der Waals surface area contributed by atoms with Crippen LogP contribution < -0.4 is 5.32 Å². The highest BCUT2D eigenvalue weighted by molar-refractivity contribution is 5.76. The zero-order chi connectivity index (χ0) is 23.1. The average molecular weight is 452 g/mol. The largest absolute Gasteiger partial charge is 0.335 e. The van der Waals surface area contributed by atoms with Gasteiger partial charge in [0.05, 0.1) is 29.7 Å². The van der Waals surface area contributed by atoms with Gasteiger partial charge >= 0.3 is 6.03 Å². The summed E-state index contributed by atoms with van der Waals surface area (Å²) in [4.78, 5) is 15.8. The number of hydrogen-bond donors (Lipinski definition) is 1. The number of rotatable bonds is 3. The number of aromatic nitrogens is 3. The Hall–Kier alpha value is -3.80. The molecule has 0 spiro atoms. The van der Waals surface area contributed by atoms with E-state index < -0.39 is 0 Å². The summed E-state index contributed by atoms with van der Waals surface area (Å²) in [5.41, 5.74) is 5.17. The number of aryl methyl sites for hydroxylation is 1. The summed E-state index contributed by atoms with van der Waals surface area (Å²) >= 11 is 0. The predicted octanol–water partition coefficient (Wildman–Crippen LogP) is 5.53. The molecule has 0 bridgehead atoms. The van der Waals surface area contributed by atoms with Crippen molar-refractivity contribution in [2.24, 2.45) is 0 Å². The van der Waals surface area contributed by atoms with Crippen molar-refractivity contribution in [3.8, 4) is 11.5 Å². The fourth-order valence-corrected chi connectivity index (χ4v) is 5.46. The lowest BCUT2D eigenvalue weighted by atomic mass is 10.0. The molecule has 6 rings (SSSR count). The molecule has 34 heavy (non-hydrogen) atoms. The van der Waals surface area contributed by atoms with Gasteiger partial charge in [-0.1, -0.05) is 61.4 Å². The van der Waals surface area contributed by atoms with E-state index in [4.69, 9.17) is 5.10 Å². The highest BCUT2D eigenvalue weighted by atomic mass is 16.2. The standard InChI is InChI=1S/C28H29N5O/c1-20-24-19-32(28(34)29-22-13-8-9-14-22)26(21-11-4-2-5-12-21)25-17-10-18-31(25)27(24)33(30-20)23-15-6-3-7-16-23/h2-7,10-12,15-18,22,26H,8-9,13-14,19H2,1H3,(H,29,34). The first kappa shape index (κ1) is 20.8. The maximum absolute atomic E-state index is 13.8. The lowest BCUT2D eigenvalue weighted by Crippen LogP contribution is -2.45. The van der Waals surface area contributed by atoms with Crippen LogP contribution in [-0.4, -0.2) is 31.3 Å². The summed E-state index contributed by atoms with van der Waals surface area (Å²) in [5, 5.41) is 8.25. The number of amides is 2. The van der Waals surface area contributed by atoms with Crippen molar-refractivity contribution in [3.05, 3.63) is 102 Å². The van der Waals surface area contributed by atoms with Gasteiger partial charge in [0.25, 0.3) is 0 Å². The van der Waals surface area contributed by atoms with Crippen LogP contribution in [-0.2, 0) is 6.54 Å². The molecule has 2 amide bonds. The molecule has 6 heteroatoms. The molecule has 1 aliphatic carbocycles. The van der Waals surface area contributed by atoms with E-state index in [0.717, 1.165) is 46.9 Å². The van der Waals surface area contributed by atoms with Gasteiger partial charge in [-0.25, -0.2) is 9.48 Å². The summed E-state index contributed by atoms with van der Waals surface area (Å²) in [5.74, 6) is 1.00. The van der Waals surface area contributed by atoms with Crippen LogP contribution >= 0.6 is 0 Å². The third kappa shape index (κ3) is 3.50. The molecule has 1 fully saturated rings. The molecule has 2 aromatic carbocycles. The molecule has 1 N–H and O–H groups in total. The molecule has 4 aromatic rings. The van der Waals surface area contributed by atoms with Gasteiger partial charge in [-0.3, -0.25) is 0 Å². The molecule has 1 atom stereocenters. The quantitative estimate of drug-likeness (QED) is 0.445. The number of nitrogens with one attached hydrogen (secondary N) is 1. The number of para-hydroxylation sites is 1. The molecule has 0 radical (unpaired) electrons. The third-order valence-electron chi connectivity index (χ3n) is 7.15. The minimum Gasteiger partial charge on any atom is -0.335 e. The molecular formula is C28H29N5O. The van der Waals surface area contributed by atoms with Crippen LogP contribution in [0.25, 0.3) is 11.5 Å². The Labute approximate surface area is 199 Å². The second-order valence-electron chi connectivity index (χ2n) is 9.31. The number of carbonyl (C=O) groups is 1. The first-order valence-corrected chi connectivity index (χ1v) is 12.1. The lowest BCUT2D eigenvalue weighted by Gasteiger charge is -2.32. The number of hydrogen-bond acceptors (Lipinski definition) is 2. The monoisotopic (exact) mass is 451 g/mol. The van der Waals surface area contributed by atoms with E-state index in [-0.39, 0.29) is 18.1 Å². The predicted molar refractivity (Wildman–Crippen MR) is 132 cm³/mol. The van der Waals surface area contributed by atoms with Crippen LogP contribution in [0.4, 0.5) is 4.79 Å². The maximum Gasteiger partial charge on any atom is 0.318 e. The summed E-state index contributed by atoms with van der Waals surface area (Å²) in [7, 11) is 0. The Morgan fingerprint density at radius 2 is 1.65 bits per heavy atom. The molecule has 0 saturated heterocycles. The molecule has 1 unspecified atom stereocenters. The molecule has 2 aliphatic rings. The summed E-state index contributed by atoms with van der Waals surface area (Å²) in [6.45, 7) is 2.53. The second-order valence-corrected chi connectivity index (χ2v) is 9.31. The molecule has 1 aliphatic heterocycles. The molecule has 6 nitrogen and oxygen atoms in total. The highest BCUT2D eigenvalue weighted by Gasteiger charge is 2.36. The second kappa shape index (κ2) is 8.52. The zero-order valence-electron chi connectivity index (χ0n) is 19.4. The number of fused-ring (bicyclic) bond motifs is 3. The molecule has 172 valence electrons. The average Bonchev–Trinajstić information content (AvgIpc) is 3.60. The van der Waals surface area contributed by atoms with E-state index in [1.54, 1.807) is 0 Å². The fourth-order valence-electron chi connectivity index (χ4n) is 5.46. The van der Waals surface area contributed by atoms with Crippen molar-refractivity contribution >= 4 is 6.03 Å². The van der Waals surface area contributed by atoms with Crippen LogP contribution in [0.5, 0.6) is 0 Å². The zero-order valence-corrected chi connectivity index (χ0v) is 19.4. The number of benzene rings is 2. The molecule has 2 aromatic heterocycles. The molecule has 3 heterocycles. The highest BCUT2D eigenvalue weighted by Crippen LogP contribution is 2.38. The number of urea groups is 1. The van der Waals surface area contributed by atoms with Gasteiger partial charge in [0.2, 0.25) is 0 Å². The van der Waals surface area contributed by atoms with Crippen LogP contribution in [0.3, 0.4) is 0 Å². The minimum absolute atomic E-state index is 0.00628. The molecule has 1 saturated carbocycles. The first-order chi connectivity index (χ1) is 16.7. The smallest absolute Gasteiger partial charge is 0.318 e. The number of carbonyl (C=O) groups excluding carboxylic acids is 1. The molecular weight excluding hydrogens is 422 g/mol. The van der Waals surface area contributed by atoms with Crippen molar-refractivity contribution in [3.63, 3.8) is 0 Å². The lowest BCUT2D eigenvalue weighted by molar-refractivity contribution is 0.176. The van der Waals surface area contributed by atoms with Gasteiger partial charge in [0.1, 0.15) is 5.82 Å². The Bertz CT molecular complexity index is 1300. The topological polar surface area (TPSA) is 55.1 Å². The maximum atomic E-state index is 13.8. The van der Waals surface area contributed by atoms with Crippen LogP contribution in [0.2, 0.25) is 0 Å². The van der Waals surface area contributed by atoms with Gasteiger partial charge < -0.3 is 14.8 Å². The van der Waals surface area contributed by atoms with Crippen molar-refractivity contribution in [2.45, 2.75) is 51.2 Å². The van der Waals surface area contributed by atoms with Crippen LogP contribution in [0.1, 0.15) is 54.2 Å². The summed E-state index contributed by atoms with van der Waals surface area (Å²) < 4.78 is 4.22. The van der Waals surface area contributed by atoms with E-state index >= 15 is 0 Å². The van der Waals surface area contributed by atoms with E-state index in [0.29, 0.717) is 6.54 Å². The Kier molecular flexibility index (Phi) is 5.21. The van der Waals surface area contributed by atoms with Crippen molar-refractivity contribution in [1.29, 1.82) is 0 Å². The number of nitrogens with zero attached hydrogens (tertiary/aromatic N) is 4. The Morgan fingerprint density at radius 3 is 2.38 bits per heavy atom. The van der Waals surface area contributed by atoms with E-state index in [2.05, 4.69) is 52.5 Å². The van der Waals surface area contributed by atoms with Gasteiger partial charge in [-0.15, -0.1) is 0 Å². The van der Waals surface area contributed by atoms with Crippen LogP contribution in [0.15, 0.2) is 79.0 Å². The van der Waals surface area contributed by atoms with Crippen molar-refractivity contribution in [1.82, 2.24) is 24.6 Å². The van der Waals surface area contributed by atoms with Gasteiger partial charge in [0, 0.05) is 17.8 Å². The van der Waals surface area contributed by atoms with Crippen molar-refractivity contribution < 1.29 is 4.79 Å². The van der Waals surface area contributed by atoms with E-state index in [9.17, 15) is 4.79 Å². The van der Waals surface area contributed by atoms with Gasteiger partial charge in [-0.2, -0.15) is 5.10 Å². The van der Waals surface area contributed by atoms with E-state index in [1.165, 1.54) is 12.8 Å². The first-order valence-electron chi connectivity index (χ1n) is 12.1. The third-order valence-corrected chi connectivity index (χ3v) is 7.15.